The summed E-state index contributed by atoms with van der Waals surface area (Å²) in [5, 5.41) is 5.96. The Morgan fingerprint density at radius 3 is 2.31 bits per heavy atom. The SMILES string of the molecule is Cc1ccc(NC(=O)c2ccc(CNC(=O)OC(C)(C)C)cc2)c(Cl)c1. The Labute approximate surface area is 158 Å². The van der Waals surface area contributed by atoms with Crippen LogP contribution in [-0.4, -0.2) is 17.6 Å². The standard InChI is InChI=1S/C20H23ClN2O3/c1-13-5-10-17(16(21)11-13)23-18(24)15-8-6-14(7-9-15)12-22-19(25)26-20(2,3)4/h5-11H,12H2,1-4H3,(H,22,25)(H,23,24). The first kappa shape index (κ1) is 19.8. The molecule has 2 aromatic carbocycles. The molecule has 2 N–H and O–H groups in total. The average molecular weight is 375 g/mol. The monoisotopic (exact) mass is 374 g/mol. The second-order valence-electron chi connectivity index (χ2n) is 6.99. The fourth-order valence-electron chi connectivity index (χ4n) is 2.18. The Morgan fingerprint density at radius 2 is 1.73 bits per heavy atom. The van der Waals surface area contributed by atoms with Crippen molar-refractivity contribution >= 4 is 29.3 Å². The number of benzene rings is 2. The number of ether oxygens (including phenoxy) is 1. The maximum atomic E-state index is 12.3. The third-order valence-corrected chi connectivity index (χ3v) is 3.74. The zero-order valence-corrected chi connectivity index (χ0v) is 16.1. The molecule has 0 unspecified atom stereocenters. The van der Waals surface area contributed by atoms with Gasteiger partial charge in [-0.25, -0.2) is 4.79 Å². The summed E-state index contributed by atoms with van der Waals surface area (Å²) in [6, 6.07) is 12.4. The number of hydrogen-bond donors (Lipinski definition) is 2. The van der Waals surface area contributed by atoms with Gasteiger partial charge in [0.1, 0.15) is 5.60 Å². The van der Waals surface area contributed by atoms with Gasteiger partial charge in [0.05, 0.1) is 10.7 Å². The van der Waals surface area contributed by atoms with Crippen LogP contribution in [-0.2, 0) is 11.3 Å². The number of nitrogens with one attached hydrogen (secondary N) is 2. The van der Waals surface area contributed by atoms with Crippen molar-refractivity contribution in [3.8, 4) is 0 Å². The molecule has 0 saturated heterocycles. The van der Waals surface area contributed by atoms with Crippen LogP contribution in [0, 0.1) is 6.92 Å². The number of halogens is 1. The van der Waals surface area contributed by atoms with Gasteiger partial charge in [0.2, 0.25) is 0 Å². The zero-order chi connectivity index (χ0) is 19.3. The van der Waals surface area contributed by atoms with Crippen molar-refractivity contribution in [3.63, 3.8) is 0 Å². The molecule has 0 radical (unpaired) electrons. The molecule has 2 amide bonds. The molecule has 138 valence electrons. The molecule has 0 aromatic heterocycles. The van der Waals surface area contributed by atoms with Crippen LogP contribution in [0.2, 0.25) is 5.02 Å². The molecule has 0 aliphatic carbocycles. The molecule has 5 nitrogen and oxygen atoms in total. The maximum absolute atomic E-state index is 12.3. The Kier molecular flexibility index (Phi) is 6.27. The fourth-order valence-corrected chi connectivity index (χ4v) is 2.46. The second-order valence-corrected chi connectivity index (χ2v) is 7.40. The lowest BCUT2D eigenvalue weighted by atomic mass is 10.1. The number of hydrogen-bond acceptors (Lipinski definition) is 3. The van der Waals surface area contributed by atoms with E-state index in [-0.39, 0.29) is 5.91 Å². The van der Waals surface area contributed by atoms with Crippen molar-refractivity contribution in [1.82, 2.24) is 5.32 Å². The summed E-state index contributed by atoms with van der Waals surface area (Å²) in [6.07, 6.45) is -0.478. The largest absolute Gasteiger partial charge is 0.444 e. The molecule has 26 heavy (non-hydrogen) atoms. The highest BCUT2D eigenvalue weighted by Gasteiger charge is 2.15. The summed E-state index contributed by atoms with van der Waals surface area (Å²) >= 11 is 6.14. The summed E-state index contributed by atoms with van der Waals surface area (Å²) in [5.74, 6) is -0.248. The average Bonchev–Trinajstić information content (AvgIpc) is 2.54. The predicted molar refractivity (Wildman–Crippen MR) is 104 cm³/mol. The minimum absolute atomic E-state index is 0.248. The summed E-state index contributed by atoms with van der Waals surface area (Å²) in [7, 11) is 0. The Morgan fingerprint density at radius 1 is 1.08 bits per heavy atom. The van der Waals surface area contributed by atoms with E-state index in [0.717, 1.165) is 11.1 Å². The Bertz CT molecular complexity index is 796. The van der Waals surface area contributed by atoms with Crippen LogP contribution >= 0.6 is 11.6 Å². The molecular weight excluding hydrogens is 352 g/mol. The van der Waals surface area contributed by atoms with Crippen LogP contribution in [0.3, 0.4) is 0 Å². The number of amides is 2. The molecule has 6 heteroatoms. The van der Waals surface area contributed by atoms with Gasteiger partial charge in [0.15, 0.2) is 0 Å². The first-order valence-corrected chi connectivity index (χ1v) is 8.65. The third-order valence-electron chi connectivity index (χ3n) is 3.42. The first-order valence-electron chi connectivity index (χ1n) is 8.27. The number of aryl methyl sites for hydroxylation is 1. The van der Waals surface area contributed by atoms with Gasteiger partial charge in [0, 0.05) is 12.1 Å². The fraction of sp³-hybridized carbons (Fsp3) is 0.300. The maximum Gasteiger partial charge on any atom is 0.407 e. The molecule has 0 saturated carbocycles. The Balaban J connectivity index is 1.94. The summed E-state index contributed by atoms with van der Waals surface area (Å²) in [4.78, 5) is 24.0. The van der Waals surface area contributed by atoms with E-state index in [1.807, 2.05) is 13.0 Å². The van der Waals surface area contributed by atoms with E-state index in [0.29, 0.717) is 22.8 Å². The van der Waals surface area contributed by atoms with E-state index in [4.69, 9.17) is 16.3 Å². The van der Waals surface area contributed by atoms with E-state index >= 15 is 0 Å². The highest BCUT2D eigenvalue weighted by Crippen LogP contribution is 2.23. The molecule has 0 aliphatic rings. The van der Waals surface area contributed by atoms with Crippen molar-refractivity contribution in [2.75, 3.05) is 5.32 Å². The molecule has 0 spiro atoms. The van der Waals surface area contributed by atoms with Gasteiger partial charge in [-0.2, -0.15) is 0 Å². The molecule has 0 heterocycles. The lowest BCUT2D eigenvalue weighted by Crippen LogP contribution is -2.32. The second kappa shape index (κ2) is 8.23. The van der Waals surface area contributed by atoms with Gasteiger partial charge in [-0.3, -0.25) is 4.79 Å². The number of anilines is 1. The molecule has 0 fully saturated rings. The van der Waals surface area contributed by atoms with Crippen molar-refractivity contribution < 1.29 is 14.3 Å². The van der Waals surface area contributed by atoms with E-state index in [1.165, 1.54) is 0 Å². The van der Waals surface area contributed by atoms with Crippen LogP contribution in [0.5, 0.6) is 0 Å². The Hall–Kier alpha value is -2.53. The topological polar surface area (TPSA) is 67.4 Å². The quantitative estimate of drug-likeness (QED) is 0.797. The lowest BCUT2D eigenvalue weighted by molar-refractivity contribution is 0.0523. The van der Waals surface area contributed by atoms with E-state index < -0.39 is 11.7 Å². The van der Waals surface area contributed by atoms with Crippen LogP contribution in [0.1, 0.15) is 42.3 Å². The van der Waals surface area contributed by atoms with Gasteiger partial charge in [0.25, 0.3) is 5.91 Å². The van der Waals surface area contributed by atoms with E-state index in [9.17, 15) is 9.59 Å². The minimum atomic E-state index is -0.538. The lowest BCUT2D eigenvalue weighted by Gasteiger charge is -2.19. The van der Waals surface area contributed by atoms with Gasteiger partial charge in [-0.15, -0.1) is 0 Å². The van der Waals surface area contributed by atoms with Gasteiger partial charge < -0.3 is 15.4 Å². The first-order chi connectivity index (χ1) is 12.1. The molecule has 0 bridgehead atoms. The van der Waals surface area contributed by atoms with Crippen LogP contribution in [0.15, 0.2) is 42.5 Å². The number of alkyl carbamates (subject to hydrolysis) is 1. The molecule has 0 aliphatic heterocycles. The number of carbonyl (C=O) groups excluding carboxylic acids is 2. The van der Waals surface area contributed by atoms with E-state index in [1.54, 1.807) is 57.2 Å². The summed E-state index contributed by atoms with van der Waals surface area (Å²) in [5.41, 5.74) is 2.42. The van der Waals surface area contributed by atoms with Gasteiger partial charge in [-0.1, -0.05) is 29.8 Å². The summed E-state index contributed by atoms with van der Waals surface area (Å²) < 4.78 is 5.18. The van der Waals surface area contributed by atoms with Crippen molar-refractivity contribution in [1.29, 1.82) is 0 Å². The highest BCUT2D eigenvalue weighted by molar-refractivity contribution is 6.34. The van der Waals surface area contributed by atoms with Crippen molar-refractivity contribution in [2.24, 2.45) is 0 Å². The number of rotatable bonds is 4. The normalized spacial score (nSPS) is 11.0. The highest BCUT2D eigenvalue weighted by atomic mass is 35.5. The number of carbonyl (C=O) groups is 2. The van der Waals surface area contributed by atoms with Crippen molar-refractivity contribution in [3.05, 3.63) is 64.2 Å². The molecule has 0 atom stereocenters. The van der Waals surface area contributed by atoms with Crippen LogP contribution in [0.25, 0.3) is 0 Å². The zero-order valence-electron chi connectivity index (χ0n) is 15.4. The summed E-state index contributed by atoms with van der Waals surface area (Å²) in [6.45, 7) is 7.67. The van der Waals surface area contributed by atoms with E-state index in [2.05, 4.69) is 10.6 Å². The van der Waals surface area contributed by atoms with Gasteiger partial charge in [-0.05, 0) is 63.1 Å². The van der Waals surface area contributed by atoms with Gasteiger partial charge >= 0.3 is 6.09 Å². The smallest absolute Gasteiger partial charge is 0.407 e. The predicted octanol–water partition coefficient (Wildman–Crippen LogP) is 4.93. The van der Waals surface area contributed by atoms with Crippen molar-refractivity contribution in [2.45, 2.75) is 39.8 Å². The molecule has 2 rings (SSSR count). The van der Waals surface area contributed by atoms with Crippen LogP contribution in [0.4, 0.5) is 10.5 Å². The van der Waals surface area contributed by atoms with Crippen LogP contribution < -0.4 is 10.6 Å². The molecule has 2 aromatic rings. The minimum Gasteiger partial charge on any atom is -0.444 e. The molecular formula is C20H23ClN2O3. The third kappa shape index (κ3) is 6.08.